The van der Waals surface area contributed by atoms with Gasteiger partial charge >= 0.3 is 0 Å². The van der Waals surface area contributed by atoms with Gasteiger partial charge in [-0.1, -0.05) is 32.0 Å². The van der Waals surface area contributed by atoms with Crippen LogP contribution in [0.1, 0.15) is 31.5 Å². The fraction of sp³-hybridized carbons (Fsp3) is 0.483. The molecular weight excluding hydrogens is 516 g/mol. The van der Waals surface area contributed by atoms with Crippen LogP contribution in [-0.4, -0.2) is 81.1 Å². The zero-order valence-electron chi connectivity index (χ0n) is 23.0. The molecule has 0 spiro atoms. The first-order valence-electron chi connectivity index (χ1n) is 13.5. The maximum absolute atomic E-state index is 13.7. The zero-order valence-corrected chi connectivity index (χ0v) is 23.8. The average Bonchev–Trinajstić information content (AvgIpc) is 3.25. The largest absolute Gasteiger partial charge is 0.497 e. The van der Waals surface area contributed by atoms with Crippen LogP contribution in [0.15, 0.2) is 53.4 Å². The minimum atomic E-state index is -3.76. The minimum Gasteiger partial charge on any atom is -0.497 e. The summed E-state index contributed by atoms with van der Waals surface area (Å²) in [6.45, 7) is 9.75. The number of fused-ring (bicyclic) bond motifs is 3. The van der Waals surface area contributed by atoms with Crippen molar-refractivity contribution in [2.75, 3.05) is 53.0 Å². The molecule has 2 aromatic carbocycles. The number of ether oxygens (including phenoxy) is 2. The number of benzene rings is 2. The first kappa shape index (κ1) is 27.6. The molecule has 1 saturated heterocycles. The second-order valence-corrected chi connectivity index (χ2v) is 12.9. The van der Waals surface area contributed by atoms with E-state index in [2.05, 4.69) is 30.1 Å². The Morgan fingerprint density at radius 1 is 1.08 bits per heavy atom. The summed E-state index contributed by atoms with van der Waals surface area (Å²) in [6, 6.07) is 14.5. The van der Waals surface area contributed by atoms with Crippen molar-refractivity contribution in [1.29, 1.82) is 0 Å². The zero-order chi connectivity index (χ0) is 27.6. The summed E-state index contributed by atoms with van der Waals surface area (Å²) in [6.07, 6.45) is 0.872. The third kappa shape index (κ3) is 5.70. The highest BCUT2D eigenvalue weighted by Gasteiger charge is 2.41. The van der Waals surface area contributed by atoms with Crippen LogP contribution >= 0.6 is 0 Å². The van der Waals surface area contributed by atoms with Crippen LogP contribution < -0.4 is 10.1 Å². The number of methoxy groups -OCH3 is 1. The van der Waals surface area contributed by atoms with E-state index in [1.165, 1.54) is 4.31 Å². The fourth-order valence-electron chi connectivity index (χ4n) is 5.82. The Hall–Kier alpha value is -2.92. The number of sulfonamides is 1. The van der Waals surface area contributed by atoms with Gasteiger partial charge in [-0.05, 0) is 48.9 Å². The van der Waals surface area contributed by atoms with Gasteiger partial charge in [-0.2, -0.15) is 4.31 Å². The molecule has 3 aromatic rings. The number of nitrogens with one attached hydrogen (secondary N) is 1. The summed E-state index contributed by atoms with van der Waals surface area (Å²) in [5, 5.41) is 4.14. The number of para-hydroxylation sites is 1. The summed E-state index contributed by atoms with van der Waals surface area (Å²) in [7, 11) is -2.21. The molecule has 1 aromatic heterocycles. The molecule has 1 fully saturated rings. The van der Waals surface area contributed by atoms with Crippen molar-refractivity contribution < 1.29 is 22.7 Å². The number of aromatic nitrogens is 1. The van der Waals surface area contributed by atoms with E-state index < -0.39 is 15.4 Å². The van der Waals surface area contributed by atoms with Crippen molar-refractivity contribution in [1.82, 2.24) is 19.1 Å². The van der Waals surface area contributed by atoms with Gasteiger partial charge < -0.3 is 19.4 Å². The number of nitrogens with zero attached hydrogens (tertiary/aromatic N) is 3. The maximum atomic E-state index is 13.7. The predicted molar refractivity (Wildman–Crippen MR) is 150 cm³/mol. The minimum absolute atomic E-state index is 0.0755. The van der Waals surface area contributed by atoms with Gasteiger partial charge in [0, 0.05) is 48.2 Å². The average molecular weight is 555 g/mol. The molecule has 2 aliphatic rings. The number of hydrogen-bond donors (Lipinski definition) is 1. The van der Waals surface area contributed by atoms with E-state index in [1.807, 2.05) is 22.8 Å². The second-order valence-electron chi connectivity index (χ2n) is 10.9. The lowest BCUT2D eigenvalue weighted by molar-refractivity contribution is -0.121. The molecule has 10 heteroatoms. The Morgan fingerprint density at radius 3 is 2.51 bits per heavy atom. The fourth-order valence-corrected chi connectivity index (χ4v) is 7.38. The lowest BCUT2D eigenvalue weighted by atomic mass is 9.80. The predicted octanol–water partition coefficient (Wildman–Crippen LogP) is 2.97. The van der Waals surface area contributed by atoms with Gasteiger partial charge in [0.1, 0.15) is 12.3 Å². The lowest BCUT2D eigenvalue weighted by Crippen LogP contribution is -2.45. The van der Waals surface area contributed by atoms with Crippen molar-refractivity contribution in [3.05, 3.63) is 59.8 Å². The Morgan fingerprint density at radius 2 is 1.79 bits per heavy atom. The van der Waals surface area contributed by atoms with Gasteiger partial charge in [0.2, 0.25) is 15.9 Å². The molecule has 0 aliphatic carbocycles. The third-order valence-corrected chi connectivity index (χ3v) is 9.53. The molecule has 210 valence electrons. The van der Waals surface area contributed by atoms with E-state index in [0.717, 1.165) is 61.4 Å². The van der Waals surface area contributed by atoms with E-state index in [-0.39, 0.29) is 23.9 Å². The molecule has 0 radical (unpaired) electrons. The van der Waals surface area contributed by atoms with Crippen LogP contribution in [0.5, 0.6) is 5.75 Å². The SMILES string of the molecule is COc1ccc(S(=O)(=O)N2Cc3c(c4ccccc4n3CC(=O)NCCCN3CCOCC3)C(C)(C)C2)cc1. The lowest BCUT2D eigenvalue weighted by Gasteiger charge is -2.38. The number of rotatable bonds is 9. The molecule has 0 unspecified atom stereocenters. The number of carbonyl (C=O) groups excluding carboxylic acids is 1. The van der Waals surface area contributed by atoms with Crippen LogP contribution in [-0.2, 0) is 38.1 Å². The van der Waals surface area contributed by atoms with Crippen LogP contribution in [0, 0.1) is 0 Å². The van der Waals surface area contributed by atoms with E-state index >= 15 is 0 Å². The van der Waals surface area contributed by atoms with Gasteiger partial charge in [0.15, 0.2) is 0 Å². The van der Waals surface area contributed by atoms with E-state index in [9.17, 15) is 13.2 Å². The topological polar surface area (TPSA) is 93.1 Å². The Labute approximate surface area is 230 Å². The molecule has 0 atom stereocenters. The number of amides is 1. The number of hydrogen-bond acceptors (Lipinski definition) is 6. The van der Waals surface area contributed by atoms with Crippen molar-refractivity contribution >= 4 is 26.8 Å². The first-order valence-corrected chi connectivity index (χ1v) is 15.0. The standard InChI is InChI=1S/C29H38N4O5S/c1-29(2)21-32(39(35,36)23-11-9-22(37-3)10-12-23)19-26-28(29)24-7-4-5-8-25(24)33(26)20-27(34)30-13-6-14-31-15-17-38-18-16-31/h4-5,7-12H,6,13-21H2,1-3H3,(H,30,34). The monoisotopic (exact) mass is 554 g/mol. The van der Waals surface area contributed by atoms with E-state index in [4.69, 9.17) is 9.47 Å². The Bertz CT molecular complexity index is 1430. The van der Waals surface area contributed by atoms with Crippen molar-refractivity contribution in [2.24, 2.45) is 0 Å². The molecule has 2 aliphatic heterocycles. The van der Waals surface area contributed by atoms with Gasteiger partial charge in [0.25, 0.3) is 0 Å². The number of carbonyl (C=O) groups is 1. The summed E-state index contributed by atoms with van der Waals surface area (Å²) in [5.41, 5.74) is 2.47. The summed E-state index contributed by atoms with van der Waals surface area (Å²) < 4.78 is 41.6. The highest BCUT2D eigenvalue weighted by atomic mass is 32.2. The summed E-state index contributed by atoms with van der Waals surface area (Å²) >= 11 is 0. The molecule has 39 heavy (non-hydrogen) atoms. The van der Waals surface area contributed by atoms with Gasteiger partial charge in [-0.3, -0.25) is 9.69 Å². The Balaban J connectivity index is 1.38. The molecule has 1 N–H and O–H groups in total. The summed E-state index contributed by atoms with van der Waals surface area (Å²) in [4.78, 5) is 15.7. The van der Waals surface area contributed by atoms with Crippen LogP contribution in [0.25, 0.3) is 10.9 Å². The van der Waals surface area contributed by atoms with Crippen molar-refractivity contribution in [3.8, 4) is 5.75 Å². The molecule has 3 heterocycles. The quantitative estimate of drug-likeness (QED) is 0.409. The molecule has 9 nitrogen and oxygen atoms in total. The second kappa shape index (κ2) is 11.3. The van der Waals surface area contributed by atoms with Crippen LogP contribution in [0.3, 0.4) is 0 Å². The van der Waals surface area contributed by atoms with Gasteiger partial charge in [-0.25, -0.2) is 8.42 Å². The van der Waals surface area contributed by atoms with E-state index in [0.29, 0.717) is 18.8 Å². The highest BCUT2D eigenvalue weighted by molar-refractivity contribution is 7.89. The molecule has 5 rings (SSSR count). The highest BCUT2D eigenvalue weighted by Crippen LogP contribution is 2.42. The Kier molecular flexibility index (Phi) is 8.00. The number of morpholine rings is 1. The van der Waals surface area contributed by atoms with Crippen molar-refractivity contribution in [2.45, 2.75) is 43.7 Å². The normalized spacial score (nSPS) is 18.1. The third-order valence-electron chi connectivity index (χ3n) is 7.73. The molecule has 1 amide bonds. The smallest absolute Gasteiger partial charge is 0.243 e. The first-order chi connectivity index (χ1) is 18.7. The molecule has 0 saturated carbocycles. The van der Waals surface area contributed by atoms with E-state index in [1.54, 1.807) is 31.4 Å². The molecule has 0 bridgehead atoms. The summed E-state index contributed by atoms with van der Waals surface area (Å²) in [5.74, 6) is 0.528. The van der Waals surface area contributed by atoms with Gasteiger partial charge in [-0.15, -0.1) is 0 Å². The van der Waals surface area contributed by atoms with Crippen molar-refractivity contribution in [3.63, 3.8) is 0 Å². The maximum Gasteiger partial charge on any atom is 0.243 e. The molecular formula is C29H38N4O5S. The van der Waals surface area contributed by atoms with Crippen LogP contribution in [0.4, 0.5) is 0 Å². The van der Waals surface area contributed by atoms with Crippen LogP contribution in [0.2, 0.25) is 0 Å². The van der Waals surface area contributed by atoms with Gasteiger partial charge in [0.05, 0.1) is 31.8 Å².